The SMILES string of the molecule is CCc1ccc([C@H]2C[C@@H](C(F)(F)F)n3ncc(C(=O)NCc4ncc(C)cc4F)c3N2)cc1. The van der Waals surface area contributed by atoms with Crippen LogP contribution in [-0.4, -0.2) is 26.8 Å². The Morgan fingerprint density at radius 3 is 2.61 bits per heavy atom. The summed E-state index contributed by atoms with van der Waals surface area (Å²) in [5, 5.41) is 9.42. The third kappa shape index (κ3) is 4.69. The number of fused-ring (bicyclic) bond motifs is 1. The molecule has 1 aromatic carbocycles. The summed E-state index contributed by atoms with van der Waals surface area (Å²) in [6.45, 7) is 3.47. The summed E-state index contributed by atoms with van der Waals surface area (Å²) in [6.07, 6.45) is -1.43. The number of alkyl halides is 3. The second-order valence-corrected chi connectivity index (χ2v) is 8.06. The Morgan fingerprint density at radius 1 is 1.24 bits per heavy atom. The molecule has 0 spiro atoms. The molecule has 0 saturated carbocycles. The highest BCUT2D eigenvalue weighted by Gasteiger charge is 2.47. The van der Waals surface area contributed by atoms with E-state index in [0.29, 0.717) is 11.1 Å². The van der Waals surface area contributed by atoms with Gasteiger partial charge in [-0.15, -0.1) is 0 Å². The first-order chi connectivity index (χ1) is 15.7. The molecule has 174 valence electrons. The quantitative estimate of drug-likeness (QED) is 0.532. The summed E-state index contributed by atoms with van der Waals surface area (Å²) in [5.41, 5.74) is 2.38. The van der Waals surface area contributed by atoms with Gasteiger partial charge in [-0.25, -0.2) is 9.07 Å². The molecule has 0 saturated heterocycles. The van der Waals surface area contributed by atoms with E-state index in [1.807, 2.05) is 19.1 Å². The summed E-state index contributed by atoms with van der Waals surface area (Å²) >= 11 is 0. The van der Waals surface area contributed by atoms with E-state index in [9.17, 15) is 22.4 Å². The van der Waals surface area contributed by atoms with Crippen LogP contribution in [0.3, 0.4) is 0 Å². The maximum atomic E-state index is 14.0. The first-order valence-electron chi connectivity index (χ1n) is 10.6. The van der Waals surface area contributed by atoms with Crippen molar-refractivity contribution in [3.05, 3.63) is 76.5 Å². The third-order valence-electron chi connectivity index (χ3n) is 5.74. The maximum absolute atomic E-state index is 14.0. The number of aromatic nitrogens is 3. The normalized spacial score (nSPS) is 17.9. The van der Waals surface area contributed by atoms with Gasteiger partial charge in [-0.05, 0) is 36.1 Å². The van der Waals surface area contributed by atoms with Gasteiger partial charge >= 0.3 is 6.18 Å². The lowest BCUT2D eigenvalue weighted by Crippen LogP contribution is -2.36. The number of benzene rings is 1. The molecular weight excluding hydrogens is 438 g/mol. The molecule has 1 aliphatic rings. The van der Waals surface area contributed by atoms with Gasteiger partial charge in [0.25, 0.3) is 5.91 Å². The highest BCUT2D eigenvalue weighted by atomic mass is 19.4. The lowest BCUT2D eigenvalue weighted by Gasteiger charge is -2.34. The van der Waals surface area contributed by atoms with Crippen LogP contribution in [0.1, 0.15) is 58.2 Å². The van der Waals surface area contributed by atoms with E-state index in [1.165, 1.54) is 12.3 Å². The van der Waals surface area contributed by atoms with Crippen LogP contribution in [0, 0.1) is 12.7 Å². The van der Waals surface area contributed by atoms with Crippen LogP contribution in [-0.2, 0) is 13.0 Å². The van der Waals surface area contributed by atoms with E-state index < -0.39 is 30.0 Å². The van der Waals surface area contributed by atoms with Crippen molar-refractivity contribution in [2.45, 2.75) is 51.5 Å². The molecule has 10 heteroatoms. The highest BCUT2D eigenvalue weighted by molar-refractivity contribution is 5.98. The van der Waals surface area contributed by atoms with Gasteiger partial charge in [-0.3, -0.25) is 9.78 Å². The van der Waals surface area contributed by atoms with E-state index in [1.54, 1.807) is 19.1 Å². The van der Waals surface area contributed by atoms with Crippen LogP contribution >= 0.6 is 0 Å². The van der Waals surface area contributed by atoms with Gasteiger partial charge in [0.05, 0.1) is 24.5 Å². The number of rotatable bonds is 5. The van der Waals surface area contributed by atoms with Crippen LogP contribution in [0.2, 0.25) is 0 Å². The Hall–Kier alpha value is -3.43. The molecule has 0 radical (unpaired) electrons. The number of halogens is 4. The Balaban J connectivity index is 1.60. The van der Waals surface area contributed by atoms with Gasteiger partial charge in [0.15, 0.2) is 6.04 Å². The lowest BCUT2D eigenvalue weighted by molar-refractivity contribution is -0.173. The van der Waals surface area contributed by atoms with Crippen LogP contribution in [0.15, 0.2) is 42.7 Å². The van der Waals surface area contributed by atoms with Crippen LogP contribution in [0.5, 0.6) is 0 Å². The number of hydrogen-bond acceptors (Lipinski definition) is 4. The fourth-order valence-corrected chi connectivity index (χ4v) is 3.88. The van der Waals surface area contributed by atoms with Gasteiger partial charge < -0.3 is 10.6 Å². The van der Waals surface area contributed by atoms with Crippen molar-refractivity contribution in [1.29, 1.82) is 0 Å². The number of nitrogens with zero attached hydrogens (tertiary/aromatic N) is 3. The van der Waals surface area contributed by atoms with Crippen LogP contribution < -0.4 is 10.6 Å². The zero-order valence-electron chi connectivity index (χ0n) is 18.1. The van der Waals surface area contributed by atoms with Crippen molar-refractivity contribution in [2.24, 2.45) is 0 Å². The van der Waals surface area contributed by atoms with Gasteiger partial charge in [0.1, 0.15) is 17.2 Å². The molecule has 2 atom stereocenters. The number of anilines is 1. The van der Waals surface area contributed by atoms with Crippen LogP contribution in [0.4, 0.5) is 23.4 Å². The molecule has 1 aliphatic heterocycles. The van der Waals surface area contributed by atoms with Crippen molar-refractivity contribution < 1.29 is 22.4 Å². The second-order valence-electron chi connectivity index (χ2n) is 8.06. The second kappa shape index (κ2) is 8.84. The number of pyridine rings is 1. The van der Waals surface area contributed by atoms with Gasteiger partial charge in [0, 0.05) is 12.6 Å². The van der Waals surface area contributed by atoms with Gasteiger partial charge in [-0.1, -0.05) is 31.2 Å². The minimum Gasteiger partial charge on any atom is -0.363 e. The summed E-state index contributed by atoms with van der Waals surface area (Å²) in [7, 11) is 0. The van der Waals surface area contributed by atoms with E-state index >= 15 is 0 Å². The molecule has 0 bridgehead atoms. The first-order valence-corrected chi connectivity index (χ1v) is 10.6. The Bertz CT molecular complexity index is 1160. The van der Waals surface area contributed by atoms with Gasteiger partial charge in [0.2, 0.25) is 0 Å². The van der Waals surface area contributed by atoms with Crippen molar-refractivity contribution in [3.63, 3.8) is 0 Å². The van der Waals surface area contributed by atoms with Crippen molar-refractivity contribution >= 4 is 11.7 Å². The summed E-state index contributed by atoms with van der Waals surface area (Å²) in [4.78, 5) is 16.7. The average Bonchev–Trinajstić information content (AvgIpc) is 3.21. The largest absolute Gasteiger partial charge is 0.410 e. The fraction of sp³-hybridized carbons (Fsp3) is 0.348. The Labute approximate surface area is 188 Å². The van der Waals surface area contributed by atoms with E-state index in [0.717, 1.165) is 22.9 Å². The Kier molecular flexibility index (Phi) is 6.09. The number of aryl methyl sites for hydroxylation is 2. The lowest BCUT2D eigenvalue weighted by atomic mass is 9.95. The minimum atomic E-state index is -4.55. The van der Waals surface area contributed by atoms with Crippen molar-refractivity contribution in [2.75, 3.05) is 5.32 Å². The predicted molar refractivity (Wildman–Crippen MR) is 114 cm³/mol. The molecule has 0 unspecified atom stereocenters. The highest BCUT2D eigenvalue weighted by Crippen LogP contribution is 2.44. The average molecular weight is 461 g/mol. The molecule has 0 fully saturated rings. The van der Waals surface area contributed by atoms with E-state index in [2.05, 4.69) is 20.7 Å². The number of nitrogens with one attached hydrogen (secondary N) is 2. The molecule has 33 heavy (non-hydrogen) atoms. The number of hydrogen-bond donors (Lipinski definition) is 2. The fourth-order valence-electron chi connectivity index (χ4n) is 3.88. The Morgan fingerprint density at radius 2 is 1.97 bits per heavy atom. The van der Waals surface area contributed by atoms with Crippen molar-refractivity contribution in [1.82, 2.24) is 20.1 Å². The standard InChI is InChI=1S/C23H23F4N5O/c1-3-14-4-6-15(7-5-14)18-9-20(23(25,26)27)32-21(31-18)16(11-30-32)22(33)29-12-19-17(24)8-13(2)10-28-19/h4-8,10-11,18,20,31H,3,9,12H2,1-2H3,(H,29,33)/t18-,20+/m1/s1. The van der Waals surface area contributed by atoms with E-state index in [4.69, 9.17) is 0 Å². The third-order valence-corrected chi connectivity index (χ3v) is 5.74. The zero-order chi connectivity index (χ0) is 23.8. The molecule has 4 rings (SSSR count). The van der Waals surface area contributed by atoms with E-state index in [-0.39, 0.29) is 30.0 Å². The molecule has 0 aliphatic carbocycles. The monoisotopic (exact) mass is 461 g/mol. The molecule has 6 nitrogen and oxygen atoms in total. The number of amides is 1. The molecule has 2 N–H and O–H groups in total. The predicted octanol–water partition coefficient (Wildman–Crippen LogP) is 4.88. The summed E-state index contributed by atoms with van der Waals surface area (Å²) in [6, 6.07) is 6.09. The van der Waals surface area contributed by atoms with Crippen molar-refractivity contribution in [3.8, 4) is 0 Å². The van der Waals surface area contributed by atoms with Crippen LogP contribution in [0.25, 0.3) is 0 Å². The zero-order valence-corrected chi connectivity index (χ0v) is 18.1. The van der Waals surface area contributed by atoms with Gasteiger partial charge in [-0.2, -0.15) is 18.3 Å². The summed E-state index contributed by atoms with van der Waals surface area (Å²) < 4.78 is 56.4. The maximum Gasteiger partial charge on any atom is 0.410 e. The molecule has 3 heterocycles. The molecule has 1 amide bonds. The molecular formula is C23H23F4N5O. The number of carbonyl (C=O) groups excluding carboxylic acids is 1. The smallest absolute Gasteiger partial charge is 0.363 e. The molecule has 3 aromatic rings. The minimum absolute atomic E-state index is 0.0250. The topological polar surface area (TPSA) is 71.8 Å². The molecule has 2 aromatic heterocycles. The summed E-state index contributed by atoms with van der Waals surface area (Å²) in [5.74, 6) is -1.27. The number of carbonyl (C=O) groups is 1. The first kappa shape index (κ1) is 22.8.